The maximum atomic E-state index is 13.1. The van der Waals surface area contributed by atoms with E-state index in [2.05, 4.69) is 11.7 Å². The summed E-state index contributed by atoms with van der Waals surface area (Å²) in [4.78, 5) is 0. The Labute approximate surface area is 133 Å². The van der Waals surface area contributed by atoms with Crippen LogP contribution in [0.2, 0.25) is 0 Å². The molecule has 0 amide bonds. The molecule has 116 valence electrons. The van der Waals surface area contributed by atoms with Gasteiger partial charge in [0.25, 0.3) is 0 Å². The molecule has 5 heteroatoms. The normalized spacial score (nSPS) is 10.7. The van der Waals surface area contributed by atoms with Crippen LogP contribution < -0.4 is 11.5 Å². The summed E-state index contributed by atoms with van der Waals surface area (Å²) in [7, 11) is 0. The summed E-state index contributed by atoms with van der Waals surface area (Å²) in [6.45, 7) is 4.19. The molecule has 0 bridgehead atoms. The van der Waals surface area contributed by atoms with Crippen LogP contribution in [0.25, 0.3) is 23.0 Å². The molecule has 0 aliphatic carbocycles. The van der Waals surface area contributed by atoms with Crippen LogP contribution in [0.4, 0.5) is 10.2 Å². The molecule has 1 aromatic heterocycles. The second-order valence-corrected chi connectivity index (χ2v) is 5.10. The van der Waals surface area contributed by atoms with Crippen molar-refractivity contribution in [2.45, 2.75) is 6.54 Å². The zero-order chi connectivity index (χ0) is 16.4. The van der Waals surface area contributed by atoms with Crippen LogP contribution in [-0.2, 0) is 6.54 Å². The van der Waals surface area contributed by atoms with Crippen LogP contribution in [-0.4, -0.2) is 9.78 Å². The van der Waals surface area contributed by atoms with Crippen molar-refractivity contribution in [1.29, 1.82) is 0 Å². The Morgan fingerprint density at radius 3 is 2.48 bits per heavy atom. The molecular weight excluding hydrogens is 291 g/mol. The number of nitrogens with zero attached hydrogens (tertiary/aromatic N) is 2. The van der Waals surface area contributed by atoms with Crippen LogP contribution in [0.15, 0.2) is 55.1 Å². The summed E-state index contributed by atoms with van der Waals surface area (Å²) in [5, 5.41) is 4.60. The molecule has 0 unspecified atom stereocenters. The minimum Gasteiger partial charge on any atom is -0.383 e. The first-order chi connectivity index (χ1) is 11.2. The average molecular weight is 308 g/mol. The van der Waals surface area contributed by atoms with Crippen molar-refractivity contribution in [2.24, 2.45) is 5.73 Å². The molecule has 1 heterocycles. The monoisotopic (exact) mass is 308 g/mol. The Balaban J connectivity index is 2.21. The van der Waals surface area contributed by atoms with Gasteiger partial charge < -0.3 is 11.5 Å². The van der Waals surface area contributed by atoms with E-state index in [1.165, 1.54) is 12.1 Å². The summed E-state index contributed by atoms with van der Waals surface area (Å²) in [6.07, 6.45) is 1.66. The van der Waals surface area contributed by atoms with Crippen molar-refractivity contribution >= 4 is 11.9 Å². The van der Waals surface area contributed by atoms with Gasteiger partial charge in [-0.3, -0.25) is 0 Å². The molecule has 4 N–H and O–H groups in total. The Morgan fingerprint density at radius 2 is 1.83 bits per heavy atom. The lowest BCUT2D eigenvalue weighted by atomic mass is 10.1. The lowest BCUT2D eigenvalue weighted by Gasteiger charge is -2.09. The van der Waals surface area contributed by atoms with E-state index in [4.69, 9.17) is 11.5 Å². The summed E-state index contributed by atoms with van der Waals surface area (Å²) >= 11 is 0. The molecular formula is C18H17FN4. The van der Waals surface area contributed by atoms with Gasteiger partial charge in [-0.25, -0.2) is 9.07 Å². The fourth-order valence-corrected chi connectivity index (χ4v) is 2.54. The molecule has 23 heavy (non-hydrogen) atoms. The standard InChI is InChI=1S/C18H17FN4/c1-2-15-17(12-7-9-14(19)10-8-12)22-23(18(15)21)16-6-4-3-5-13(16)11-20/h2-10H,1,11,20-21H2. The highest BCUT2D eigenvalue weighted by atomic mass is 19.1. The first-order valence-electron chi connectivity index (χ1n) is 7.21. The number of hydrogen-bond donors (Lipinski definition) is 2. The third-order valence-electron chi connectivity index (χ3n) is 3.72. The van der Waals surface area contributed by atoms with Gasteiger partial charge in [-0.2, -0.15) is 5.10 Å². The fraction of sp³-hybridized carbons (Fsp3) is 0.0556. The zero-order valence-electron chi connectivity index (χ0n) is 12.5. The van der Waals surface area contributed by atoms with Crippen molar-refractivity contribution in [3.8, 4) is 16.9 Å². The Hall–Kier alpha value is -2.92. The van der Waals surface area contributed by atoms with Crippen molar-refractivity contribution in [1.82, 2.24) is 9.78 Å². The smallest absolute Gasteiger partial charge is 0.135 e. The molecule has 0 aliphatic heterocycles. The van der Waals surface area contributed by atoms with E-state index in [0.717, 1.165) is 16.8 Å². The number of hydrogen-bond acceptors (Lipinski definition) is 3. The number of rotatable bonds is 4. The second-order valence-electron chi connectivity index (χ2n) is 5.10. The number of halogens is 1. The van der Waals surface area contributed by atoms with Crippen molar-refractivity contribution in [3.63, 3.8) is 0 Å². The largest absolute Gasteiger partial charge is 0.383 e. The van der Waals surface area contributed by atoms with Crippen LogP contribution in [0.1, 0.15) is 11.1 Å². The zero-order valence-corrected chi connectivity index (χ0v) is 12.5. The second kappa shape index (κ2) is 6.06. The number of nitrogens with two attached hydrogens (primary N) is 2. The highest BCUT2D eigenvalue weighted by molar-refractivity contribution is 5.79. The molecule has 0 saturated heterocycles. The maximum absolute atomic E-state index is 13.1. The number of aromatic nitrogens is 2. The van der Waals surface area contributed by atoms with Gasteiger partial charge in [-0.05, 0) is 35.9 Å². The summed E-state index contributed by atoms with van der Waals surface area (Å²) in [5.41, 5.74) is 16.0. The van der Waals surface area contributed by atoms with E-state index in [9.17, 15) is 4.39 Å². The van der Waals surface area contributed by atoms with E-state index in [1.54, 1.807) is 22.9 Å². The van der Waals surface area contributed by atoms with Crippen molar-refractivity contribution in [2.75, 3.05) is 5.73 Å². The van der Waals surface area contributed by atoms with E-state index in [0.29, 0.717) is 23.6 Å². The first kappa shape index (κ1) is 15.0. The molecule has 2 aromatic carbocycles. The molecule has 3 rings (SSSR count). The van der Waals surface area contributed by atoms with Gasteiger partial charge in [-0.15, -0.1) is 0 Å². The molecule has 0 fully saturated rings. The maximum Gasteiger partial charge on any atom is 0.135 e. The Kier molecular flexibility index (Phi) is 3.95. The minimum absolute atomic E-state index is 0.296. The van der Waals surface area contributed by atoms with E-state index < -0.39 is 0 Å². The number of nitrogen functional groups attached to an aromatic ring is 1. The third kappa shape index (κ3) is 2.62. The van der Waals surface area contributed by atoms with Gasteiger partial charge in [0, 0.05) is 17.7 Å². The van der Waals surface area contributed by atoms with E-state index >= 15 is 0 Å². The predicted molar refractivity (Wildman–Crippen MR) is 91.4 cm³/mol. The van der Waals surface area contributed by atoms with Gasteiger partial charge in [-0.1, -0.05) is 30.9 Å². The molecule has 3 aromatic rings. The lowest BCUT2D eigenvalue weighted by Crippen LogP contribution is -2.08. The SMILES string of the molecule is C=Cc1c(-c2ccc(F)cc2)nn(-c2ccccc2CN)c1N. The highest BCUT2D eigenvalue weighted by Crippen LogP contribution is 2.31. The number of para-hydroxylation sites is 1. The van der Waals surface area contributed by atoms with Gasteiger partial charge in [0.05, 0.1) is 5.69 Å². The summed E-state index contributed by atoms with van der Waals surface area (Å²) in [5.74, 6) is 0.176. The van der Waals surface area contributed by atoms with Gasteiger partial charge in [0.15, 0.2) is 0 Å². The summed E-state index contributed by atoms with van der Waals surface area (Å²) in [6, 6.07) is 13.8. The number of benzene rings is 2. The average Bonchev–Trinajstić information content (AvgIpc) is 2.92. The quantitative estimate of drug-likeness (QED) is 0.776. The summed E-state index contributed by atoms with van der Waals surface area (Å²) < 4.78 is 14.8. The van der Waals surface area contributed by atoms with Crippen LogP contribution in [0, 0.1) is 5.82 Å². The van der Waals surface area contributed by atoms with Crippen LogP contribution >= 0.6 is 0 Å². The molecule has 0 saturated carbocycles. The fourth-order valence-electron chi connectivity index (χ4n) is 2.54. The minimum atomic E-state index is -0.296. The number of anilines is 1. The van der Waals surface area contributed by atoms with Crippen LogP contribution in [0.3, 0.4) is 0 Å². The third-order valence-corrected chi connectivity index (χ3v) is 3.72. The molecule has 0 atom stereocenters. The topological polar surface area (TPSA) is 69.9 Å². The Bertz CT molecular complexity index is 850. The molecule has 0 radical (unpaired) electrons. The van der Waals surface area contributed by atoms with E-state index in [1.807, 2.05) is 24.3 Å². The Morgan fingerprint density at radius 1 is 1.13 bits per heavy atom. The lowest BCUT2D eigenvalue weighted by molar-refractivity contribution is 0.628. The van der Waals surface area contributed by atoms with Crippen molar-refractivity contribution in [3.05, 3.63) is 72.1 Å². The van der Waals surface area contributed by atoms with Gasteiger partial charge >= 0.3 is 0 Å². The van der Waals surface area contributed by atoms with Crippen LogP contribution in [0.5, 0.6) is 0 Å². The van der Waals surface area contributed by atoms with E-state index in [-0.39, 0.29) is 5.82 Å². The van der Waals surface area contributed by atoms with Gasteiger partial charge in [0.2, 0.25) is 0 Å². The predicted octanol–water partition coefficient (Wildman–Crippen LogP) is 3.36. The molecule has 4 nitrogen and oxygen atoms in total. The highest BCUT2D eigenvalue weighted by Gasteiger charge is 2.17. The first-order valence-corrected chi connectivity index (χ1v) is 7.21. The molecule has 0 spiro atoms. The van der Waals surface area contributed by atoms with Gasteiger partial charge in [0.1, 0.15) is 17.3 Å². The molecule has 0 aliphatic rings. The van der Waals surface area contributed by atoms with Crippen molar-refractivity contribution < 1.29 is 4.39 Å².